The molecular formula is C26H24FNO5. The van der Waals surface area contributed by atoms with Crippen LogP contribution >= 0.6 is 0 Å². The van der Waals surface area contributed by atoms with Crippen LogP contribution < -0.4 is 0 Å². The minimum atomic E-state index is -0.825. The number of ketones is 2. The topological polar surface area (TPSA) is 91.8 Å². The molecule has 0 aromatic heterocycles. The van der Waals surface area contributed by atoms with E-state index in [1.165, 1.54) is 29.2 Å². The highest BCUT2D eigenvalue weighted by Gasteiger charge is 2.56. The average Bonchev–Trinajstić information content (AvgIpc) is 3.03. The first-order valence-electron chi connectivity index (χ1n) is 11.3. The first kappa shape index (κ1) is 21.5. The maximum Gasteiger partial charge on any atom is 0.233 e. The van der Waals surface area contributed by atoms with Crippen molar-refractivity contribution in [1.82, 2.24) is 4.90 Å². The number of phenols is 1. The Morgan fingerprint density at radius 2 is 1.88 bits per heavy atom. The van der Waals surface area contributed by atoms with Crippen molar-refractivity contribution in [2.45, 2.75) is 39.0 Å². The number of rotatable bonds is 3. The van der Waals surface area contributed by atoms with Gasteiger partial charge in [-0.3, -0.25) is 24.1 Å². The normalized spacial score (nSPS) is 29.0. The van der Waals surface area contributed by atoms with Crippen LogP contribution in [0.2, 0.25) is 0 Å². The van der Waals surface area contributed by atoms with Crippen LogP contribution in [0.25, 0.3) is 0 Å². The first-order chi connectivity index (χ1) is 15.7. The summed E-state index contributed by atoms with van der Waals surface area (Å²) in [5, 5.41) is 9.68. The number of imide groups is 1. The van der Waals surface area contributed by atoms with Crippen molar-refractivity contribution < 1.29 is 28.7 Å². The monoisotopic (exact) mass is 449 g/mol. The number of hydrogen-bond acceptors (Lipinski definition) is 5. The number of carbonyl (C=O) groups is 4. The molecule has 0 spiro atoms. The predicted octanol–water partition coefficient (Wildman–Crippen LogP) is 3.37. The summed E-state index contributed by atoms with van der Waals surface area (Å²) in [5.41, 5.74) is 2.18. The number of fused-ring (bicyclic) bond motifs is 3. The second-order valence-corrected chi connectivity index (χ2v) is 9.27. The number of amides is 2. The molecule has 1 aromatic carbocycles. The number of hydrogen-bond donors (Lipinski definition) is 1. The van der Waals surface area contributed by atoms with Crippen LogP contribution in [-0.4, -0.2) is 39.9 Å². The molecule has 7 heteroatoms. The van der Waals surface area contributed by atoms with Gasteiger partial charge in [-0.05, 0) is 55.9 Å². The molecule has 1 aliphatic heterocycles. The van der Waals surface area contributed by atoms with Gasteiger partial charge in [0.15, 0.2) is 23.1 Å². The van der Waals surface area contributed by atoms with Gasteiger partial charge in [-0.15, -0.1) is 0 Å². The van der Waals surface area contributed by atoms with Crippen LogP contribution in [0, 0.1) is 23.6 Å². The highest BCUT2D eigenvalue weighted by Crippen LogP contribution is 2.55. The van der Waals surface area contributed by atoms with Crippen LogP contribution in [0.1, 0.15) is 44.6 Å². The lowest BCUT2D eigenvalue weighted by atomic mass is 9.59. The van der Waals surface area contributed by atoms with Gasteiger partial charge in [0, 0.05) is 29.2 Å². The number of aromatic hydroxyl groups is 1. The Bertz CT molecular complexity index is 1220. The minimum Gasteiger partial charge on any atom is -0.505 e. The van der Waals surface area contributed by atoms with Crippen molar-refractivity contribution in [3.05, 3.63) is 64.0 Å². The minimum absolute atomic E-state index is 0.184. The zero-order valence-electron chi connectivity index (χ0n) is 18.4. The van der Waals surface area contributed by atoms with Gasteiger partial charge >= 0.3 is 0 Å². The molecule has 33 heavy (non-hydrogen) atoms. The summed E-state index contributed by atoms with van der Waals surface area (Å²) < 4.78 is 14.3. The van der Waals surface area contributed by atoms with E-state index in [4.69, 9.17) is 0 Å². The van der Waals surface area contributed by atoms with Gasteiger partial charge in [-0.2, -0.15) is 0 Å². The summed E-state index contributed by atoms with van der Waals surface area (Å²) in [4.78, 5) is 53.8. The molecule has 1 N–H and O–H groups in total. The van der Waals surface area contributed by atoms with Crippen LogP contribution in [0.5, 0.6) is 5.75 Å². The van der Waals surface area contributed by atoms with Crippen molar-refractivity contribution in [2.24, 2.45) is 17.8 Å². The molecule has 1 heterocycles. The number of likely N-dealkylation sites (tertiary alicyclic amines) is 1. The van der Waals surface area contributed by atoms with Crippen molar-refractivity contribution in [2.75, 3.05) is 6.54 Å². The van der Waals surface area contributed by atoms with E-state index in [2.05, 4.69) is 0 Å². The van der Waals surface area contributed by atoms with E-state index >= 15 is 0 Å². The van der Waals surface area contributed by atoms with Crippen LogP contribution in [0.3, 0.4) is 0 Å². The Kier molecular flexibility index (Phi) is 4.96. The van der Waals surface area contributed by atoms with Gasteiger partial charge in [0.2, 0.25) is 11.8 Å². The van der Waals surface area contributed by atoms with E-state index in [0.29, 0.717) is 41.7 Å². The van der Waals surface area contributed by atoms with Crippen molar-refractivity contribution >= 4 is 23.4 Å². The molecule has 170 valence electrons. The smallest absolute Gasteiger partial charge is 0.233 e. The van der Waals surface area contributed by atoms with Gasteiger partial charge in [0.25, 0.3) is 0 Å². The van der Waals surface area contributed by atoms with E-state index < -0.39 is 35.2 Å². The number of nitrogens with zero attached hydrogens (tertiary/aromatic N) is 1. The number of Topliss-reactive ketones (excluding diaryl/α,β-unsaturated/α-hetero) is 1. The Morgan fingerprint density at radius 3 is 2.58 bits per heavy atom. The first-order valence-corrected chi connectivity index (χ1v) is 11.3. The maximum atomic E-state index is 14.3. The van der Waals surface area contributed by atoms with E-state index in [-0.39, 0.29) is 29.8 Å². The van der Waals surface area contributed by atoms with Crippen LogP contribution in [-0.2, 0) is 19.2 Å². The number of carbonyl (C=O) groups excluding carboxylic acids is 4. The number of halogens is 1. The van der Waals surface area contributed by atoms with Crippen molar-refractivity contribution in [3.63, 3.8) is 0 Å². The highest BCUT2D eigenvalue weighted by molar-refractivity contribution is 6.23. The molecular weight excluding hydrogens is 425 g/mol. The Hall–Kier alpha value is -3.35. The quantitative estimate of drug-likeness (QED) is 0.434. The zero-order valence-corrected chi connectivity index (χ0v) is 18.4. The van der Waals surface area contributed by atoms with Crippen LogP contribution in [0.4, 0.5) is 4.39 Å². The lowest BCUT2D eigenvalue weighted by Gasteiger charge is -2.42. The SMILES string of the molecule is CCCN1C(=O)C2CC=C3C(c4ccc(O)c(F)c4)C4=C(CC3C2C1=O)C(=O)C(C)=CC4=O. The molecule has 1 saturated heterocycles. The highest BCUT2D eigenvalue weighted by atomic mass is 19.1. The molecule has 4 atom stereocenters. The third kappa shape index (κ3) is 3.05. The fourth-order valence-corrected chi connectivity index (χ4v) is 5.97. The number of phenolic OH excluding ortho intramolecular Hbond substituents is 1. The summed E-state index contributed by atoms with van der Waals surface area (Å²) in [5.74, 6) is -4.52. The molecule has 0 saturated carbocycles. The molecule has 4 aliphatic rings. The zero-order chi connectivity index (χ0) is 23.6. The molecule has 1 aromatic rings. The van der Waals surface area contributed by atoms with E-state index in [0.717, 1.165) is 5.57 Å². The molecule has 4 unspecified atom stereocenters. The Balaban J connectivity index is 1.68. The second-order valence-electron chi connectivity index (χ2n) is 9.27. The van der Waals surface area contributed by atoms with Gasteiger partial charge in [-0.1, -0.05) is 24.6 Å². The molecule has 5 rings (SSSR count). The molecule has 3 aliphatic carbocycles. The standard InChI is InChI=1S/C26H24FNO5/c1-3-8-28-25(32)15-6-5-14-16(22(15)26(28)33)11-17-23(20(30)9-12(2)24(17)31)21(14)13-4-7-19(29)18(27)10-13/h4-5,7,9-10,15-16,21-22,29H,3,6,8,11H2,1-2H3. The molecule has 6 nitrogen and oxygen atoms in total. The third-order valence-electron chi connectivity index (χ3n) is 7.41. The lowest BCUT2D eigenvalue weighted by molar-refractivity contribution is -0.140. The third-order valence-corrected chi connectivity index (χ3v) is 7.41. The molecule has 2 amide bonds. The van der Waals surface area contributed by atoms with Gasteiger partial charge in [-0.25, -0.2) is 4.39 Å². The van der Waals surface area contributed by atoms with E-state index in [9.17, 15) is 28.7 Å². The van der Waals surface area contributed by atoms with E-state index in [1.54, 1.807) is 6.92 Å². The Morgan fingerprint density at radius 1 is 1.12 bits per heavy atom. The summed E-state index contributed by atoms with van der Waals surface area (Å²) in [6.45, 7) is 3.84. The number of allylic oxidation sites excluding steroid dienone is 6. The largest absolute Gasteiger partial charge is 0.505 e. The summed E-state index contributed by atoms with van der Waals surface area (Å²) >= 11 is 0. The van der Waals surface area contributed by atoms with Crippen molar-refractivity contribution in [1.29, 1.82) is 0 Å². The van der Waals surface area contributed by atoms with Gasteiger partial charge in [0.1, 0.15) is 0 Å². The van der Waals surface area contributed by atoms with Gasteiger partial charge < -0.3 is 5.11 Å². The van der Waals surface area contributed by atoms with Crippen LogP contribution in [0.15, 0.2) is 52.6 Å². The average molecular weight is 449 g/mol. The fourth-order valence-electron chi connectivity index (χ4n) is 5.97. The predicted molar refractivity (Wildman–Crippen MR) is 116 cm³/mol. The van der Waals surface area contributed by atoms with Crippen molar-refractivity contribution in [3.8, 4) is 5.75 Å². The maximum absolute atomic E-state index is 14.3. The summed E-state index contributed by atoms with van der Waals surface area (Å²) in [6, 6.07) is 3.94. The fraction of sp³-hybridized carbons (Fsp3) is 0.385. The molecule has 0 radical (unpaired) electrons. The summed E-state index contributed by atoms with van der Waals surface area (Å²) in [6.07, 6.45) is 4.43. The second kappa shape index (κ2) is 7.61. The molecule has 0 bridgehead atoms. The van der Waals surface area contributed by atoms with E-state index in [1.807, 2.05) is 13.0 Å². The number of benzene rings is 1. The summed E-state index contributed by atoms with van der Waals surface area (Å²) in [7, 11) is 0. The lowest BCUT2D eigenvalue weighted by Crippen LogP contribution is -2.39. The molecule has 1 fully saturated rings. The Labute approximate surface area is 190 Å². The van der Waals surface area contributed by atoms with Gasteiger partial charge in [0.05, 0.1) is 11.8 Å².